The molecule has 180 valence electrons. The molecule has 0 aromatic heterocycles. The minimum atomic E-state index is -0.676. The van der Waals surface area contributed by atoms with Crippen molar-refractivity contribution in [3.63, 3.8) is 0 Å². The van der Waals surface area contributed by atoms with Gasteiger partial charge in [-0.25, -0.2) is 0 Å². The van der Waals surface area contributed by atoms with Gasteiger partial charge in [0.15, 0.2) is 11.5 Å². The van der Waals surface area contributed by atoms with Crippen molar-refractivity contribution in [2.24, 2.45) is 0 Å². The predicted octanol–water partition coefficient (Wildman–Crippen LogP) is 4.09. The van der Waals surface area contributed by atoms with Crippen molar-refractivity contribution in [1.82, 2.24) is 9.80 Å². The predicted molar refractivity (Wildman–Crippen MR) is 130 cm³/mol. The highest BCUT2D eigenvalue weighted by molar-refractivity contribution is 6.46. The number of amides is 1. The van der Waals surface area contributed by atoms with Gasteiger partial charge in [-0.05, 0) is 61.8 Å². The van der Waals surface area contributed by atoms with Crippen LogP contribution in [-0.4, -0.2) is 60.6 Å². The highest BCUT2D eigenvalue weighted by atomic mass is 16.7. The van der Waals surface area contributed by atoms with Crippen LogP contribution in [0.1, 0.15) is 49.9 Å². The van der Waals surface area contributed by atoms with Gasteiger partial charge in [0.05, 0.1) is 11.6 Å². The number of hydrogen-bond acceptors (Lipinski definition) is 6. The van der Waals surface area contributed by atoms with E-state index in [4.69, 9.17) is 9.47 Å². The van der Waals surface area contributed by atoms with Gasteiger partial charge in [-0.1, -0.05) is 45.0 Å². The molecule has 0 spiro atoms. The molecule has 1 amide bonds. The molecule has 2 aromatic rings. The molecule has 2 heterocycles. The number of carbonyl (C=O) groups excluding carboxylic acids is 2. The number of carbonyl (C=O) groups is 2. The number of aliphatic hydroxyl groups is 1. The average molecular weight is 465 g/mol. The lowest BCUT2D eigenvalue weighted by Gasteiger charge is -2.27. The first-order valence-corrected chi connectivity index (χ1v) is 11.5. The van der Waals surface area contributed by atoms with Gasteiger partial charge in [-0.3, -0.25) is 9.59 Å². The Kier molecular flexibility index (Phi) is 6.41. The maximum absolute atomic E-state index is 13.2. The summed E-state index contributed by atoms with van der Waals surface area (Å²) in [4.78, 5) is 29.9. The highest BCUT2D eigenvalue weighted by Gasteiger charge is 2.46. The quantitative estimate of drug-likeness (QED) is 0.394. The SMILES string of the molecule is CN(C)CCCN1C(=O)C(=O)C(=C(O)c2ccc3c(c2)OCO3)C1c1ccc(C(C)(C)C)cc1. The fraction of sp³-hybridized carbons (Fsp3) is 0.407. The normalized spacial score (nSPS) is 19.4. The van der Waals surface area contributed by atoms with Gasteiger partial charge in [0.1, 0.15) is 5.76 Å². The summed E-state index contributed by atoms with van der Waals surface area (Å²) in [5.41, 5.74) is 2.42. The lowest BCUT2D eigenvalue weighted by atomic mass is 9.85. The molecule has 2 aliphatic rings. The first-order valence-electron chi connectivity index (χ1n) is 11.5. The second-order valence-electron chi connectivity index (χ2n) is 10.1. The zero-order valence-corrected chi connectivity index (χ0v) is 20.4. The first-order chi connectivity index (χ1) is 16.1. The fourth-order valence-electron chi connectivity index (χ4n) is 4.38. The van der Waals surface area contributed by atoms with Crippen LogP contribution in [0.4, 0.5) is 0 Å². The van der Waals surface area contributed by atoms with Crippen LogP contribution in [0.15, 0.2) is 48.0 Å². The zero-order valence-electron chi connectivity index (χ0n) is 20.4. The van der Waals surface area contributed by atoms with E-state index < -0.39 is 17.7 Å². The molecule has 1 atom stereocenters. The van der Waals surface area contributed by atoms with Crippen LogP contribution < -0.4 is 9.47 Å². The van der Waals surface area contributed by atoms with Gasteiger partial charge in [0.25, 0.3) is 11.7 Å². The van der Waals surface area contributed by atoms with E-state index in [1.165, 1.54) is 0 Å². The van der Waals surface area contributed by atoms with Gasteiger partial charge in [-0.2, -0.15) is 0 Å². The number of hydrogen-bond donors (Lipinski definition) is 1. The van der Waals surface area contributed by atoms with Gasteiger partial charge in [-0.15, -0.1) is 0 Å². The molecule has 1 unspecified atom stereocenters. The van der Waals surface area contributed by atoms with Crippen LogP contribution in [-0.2, 0) is 15.0 Å². The molecule has 1 saturated heterocycles. The molecule has 0 aliphatic carbocycles. The number of aliphatic hydroxyl groups excluding tert-OH is 1. The van der Waals surface area contributed by atoms with Crippen LogP contribution in [0.5, 0.6) is 11.5 Å². The van der Waals surface area contributed by atoms with Crippen molar-refractivity contribution in [2.75, 3.05) is 34.0 Å². The van der Waals surface area contributed by atoms with Crippen molar-refractivity contribution in [2.45, 2.75) is 38.6 Å². The second kappa shape index (κ2) is 9.14. The van der Waals surface area contributed by atoms with Crippen molar-refractivity contribution in [1.29, 1.82) is 0 Å². The molecule has 0 saturated carbocycles. The summed E-state index contributed by atoms with van der Waals surface area (Å²) in [6, 6.07) is 12.3. The molecule has 34 heavy (non-hydrogen) atoms. The Bertz CT molecular complexity index is 1130. The lowest BCUT2D eigenvalue weighted by molar-refractivity contribution is -0.139. The van der Waals surface area contributed by atoms with Gasteiger partial charge < -0.3 is 24.4 Å². The monoisotopic (exact) mass is 464 g/mol. The average Bonchev–Trinajstić information content (AvgIpc) is 3.35. The summed E-state index contributed by atoms with van der Waals surface area (Å²) in [7, 11) is 3.94. The number of likely N-dealkylation sites (tertiary alicyclic amines) is 1. The molecular formula is C27H32N2O5. The van der Waals surface area contributed by atoms with E-state index in [1.807, 2.05) is 43.3 Å². The third-order valence-electron chi connectivity index (χ3n) is 6.28. The number of nitrogens with zero attached hydrogens (tertiary/aromatic N) is 2. The Hall–Kier alpha value is -3.32. The van der Waals surface area contributed by atoms with Crippen molar-refractivity contribution in [3.05, 3.63) is 64.7 Å². The number of fused-ring (bicyclic) bond motifs is 1. The molecule has 2 aromatic carbocycles. The van der Waals surface area contributed by atoms with E-state index in [9.17, 15) is 14.7 Å². The number of ketones is 1. The highest BCUT2D eigenvalue weighted by Crippen LogP contribution is 2.41. The third-order valence-corrected chi connectivity index (χ3v) is 6.28. The number of benzene rings is 2. The van der Waals surface area contributed by atoms with Gasteiger partial charge >= 0.3 is 0 Å². The van der Waals surface area contributed by atoms with E-state index in [0.29, 0.717) is 30.0 Å². The maximum Gasteiger partial charge on any atom is 0.295 e. The fourth-order valence-corrected chi connectivity index (χ4v) is 4.38. The summed E-state index contributed by atoms with van der Waals surface area (Å²) in [5.74, 6) is -0.405. The van der Waals surface area contributed by atoms with Crippen LogP contribution in [0, 0.1) is 0 Å². The molecule has 4 rings (SSSR count). The zero-order chi connectivity index (χ0) is 24.6. The van der Waals surface area contributed by atoms with Gasteiger partial charge in [0, 0.05) is 12.1 Å². The topological polar surface area (TPSA) is 79.3 Å². The lowest BCUT2D eigenvalue weighted by Crippen LogP contribution is -2.32. The minimum absolute atomic E-state index is 0.0292. The molecule has 7 heteroatoms. The molecule has 2 aliphatic heterocycles. The van der Waals surface area contributed by atoms with Crippen LogP contribution >= 0.6 is 0 Å². The van der Waals surface area contributed by atoms with E-state index in [1.54, 1.807) is 23.1 Å². The summed E-state index contributed by atoms with van der Waals surface area (Å²) >= 11 is 0. The van der Waals surface area contributed by atoms with Crippen molar-refractivity contribution in [3.8, 4) is 11.5 Å². The van der Waals surface area contributed by atoms with E-state index in [-0.39, 0.29) is 23.5 Å². The Balaban J connectivity index is 1.78. The van der Waals surface area contributed by atoms with Crippen LogP contribution in [0.25, 0.3) is 5.76 Å². The summed E-state index contributed by atoms with van der Waals surface area (Å²) in [6.07, 6.45) is 0.709. The van der Waals surface area contributed by atoms with Gasteiger partial charge in [0.2, 0.25) is 6.79 Å². The minimum Gasteiger partial charge on any atom is -0.507 e. The molecule has 0 bridgehead atoms. The van der Waals surface area contributed by atoms with Crippen LogP contribution in [0.3, 0.4) is 0 Å². The number of rotatable bonds is 6. The summed E-state index contributed by atoms with van der Waals surface area (Å²) in [5, 5.41) is 11.3. The van der Waals surface area contributed by atoms with Crippen LogP contribution in [0.2, 0.25) is 0 Å². The van der Waals surface area contributed by atoms with Crippen molar-refractivity contribution >= 4 is 17.4 Å². The molecule has 1 N–H and O–H groups in total. The Morgan fingerprint density at radius 3 is 2.38 bits per heavy atom. The molecule has 1 fully saturated rings. The molecule has 7 nitrogen and oxygen atoms in total. The molecule has 0 radical (unpaired) electrons. The first kappa shape index (κ1) is 23.8. The molecular weight excluding hydrogens is 432 g/mol. The Morgan fingerprint density at radius 1 is 1.06 bits per heavy atom. The smallest absolute Gasteiger partial charge is 0.295 e. The standard InChI is InChI=1S/C27H32N2O5/c1-27(2,3)19-10-7-17(8-11-19)23-22(25(31)26(32)29(23)14-6-13-28(4)5)24(30)18-9-12-20-21(15-18)34-16-33-20/h7-12,15,23,30H,6,13-14,16H2,1-5H3. The largest absolute Gasteiger partial charge is 0.507 e. The second-order valence-corrected chi connectivity index (χ2v) is 10.1. The van der Waals surface area contributed by atoms with E-state index in [2.05, 4.69) is 20.8 Å². The van der Waals surface area contributed by atoms with E-state index >= 15 is 0 Å². The third kappa shape index (κ3) is 4.53. The summed E-state index contributed by atoms with van der Waals surface area (Å²) in [6.45, 7) is 7.70. The number of ether oxygens (including phenoxy) is 2. The Labute approximate surface area is 200 Å². The summed E-state index contributed by atoms with van der Waals surface area (Å²) < 4.78 is 10.8. The van der Waals surface area contributed by atoms with E-state index in [0.717, 1.165) is 17.7 Å². The Morgan fingerprint density at radius 2 is 1.74 bits per heavy atom. The number of Topliss-reactive ketones (excluding diaryl/α,β-unsaturated/α-hetero) is 1. The van der Waals surface area contributed by atoms with Crippen molar-refractivity contribution < 1.29 is 24.2 Å². The maximum atomic E-state index is 13.2.